The van der Waals surface area contributed by atoms with Gasteiger partial charge in [-0.2, -0.15) is 4.48 Å². The van der Waals surface area contributed by atoms with Crippen LogP contribution in [0.5, 0.6) is 0 Å². The summed E-state index contributed by atoms with van der Waals surface area (Å²) in [6, 6.07) is -4.33. The van der Waals surface area contributed by atoms with Crippen LogP contribution in [0.4, 0.5) is 11.4 Å². The van der Waals surface area contributed by atoms with Crippen molar-refractivity contribution < 1.29 is 79.5 Å². The number of rotatable bonds is 22. The van der Waals surface area contributed by atoms with E-state index in [4.69, 9.17) is 4.74 Å². The quantitative estimate of drug-likeness (QED) is 0.0438. The van der Waals surface area contributed by atoms with E-state index in [1.54, 1.807) is 136 Å². The average molecular weight is 1570 g/mol. The zero-order valence-corrected chi connectivity index (χ0v) is 46.2. The second kappa shape index (κ2) is 26.9. The predicted octanol–water partition coefficient (Wildman–Crippen LogP) is -2.25. The van der Waals surface area contributed by atoms with Crippen molar-refractivity contribution >= 4 is 182 Å². The van der Waals surface area contributed by atoms with Crippen LogP contribution in [0.15, 0.2) is 0 Å². The number of ether oxygens (including phenoxy) is 1. The van der Waals surface area contributed by atoms with E-state index in [2.05, 4.69) is 26.6 Å². The number of hydrogen-bond acceptors (Lipinski definition) is 17. The maximum atomic E-state index is 15.7. The van der Waals surface area contributed by atoms with E-state index in [9.17, 15) is 69.9 Å². The maximum absolute atomic E-state index is 15.7. The molecule has 0 aliphatic heterocycles. The second-order valence-electron chi connectivity index (χ2n) is 13.4. The molecule has 352 valence electrons. The second-order valence-corrected chi connectivity index (χ2v) is 19.8. The monoisotopic (exact) mass is 1570 g/mol. The Labute approximate surface area is 441 Å². The van der Waals surface area contributed by atoms with Gasteiger partial charge >= 0.3 is 11.8 Å². The van der Waals surface area contributed by atoms with Crippen LogP contribution in [0.1, 0.15) is 41.4 Å². The van der Waals surface area contributed by atoms with E-state index in [1.807, 2.05) is 0 Å². The van der Waals surface area contributed by atoms with Crippen molar-refractivity contribution in [2.24, 2.45) is 0 Å². The Morgan fingerprint density at radius 2 is 0.921 bits per heavy atom. The van der Waals surface area contributed by atoms with Gasteiger partial charge in [0.2, 0.25) is 5.91 Å². The van der Waals surface area contributed by atoms with Gasteiger partial charge in [0, 0.05) is 14.3 Å². The minimum atomic E-state index is -1.67. The van der Waals surface area contributed by atoms with Crippen molar-refractivity contribution in [3.8, 4) is 0 Å². The van der Waals surface area contributed by atoms with Gasteiger partial charge in [-0.1, -0.05) is 0 Å². The number of aliphatic hydroxyl groups is 9. The number of carbonyl (C=O) groups excluding carboxylic acids is 6. The number of benzene rings is 2. The van der Waals surface area contributed by atoms with Crippen molar-refractivity contribution in [1.82, 2.24) is 25.8 Å². The molecule has 0 fully saturated rings. The first kappa shape index (κ1) is 58.7. The van der Waals surface area contributed by atoms with Gasteiger partial charge in [0.05, 0.1) is 120 Å². The zero-order chi connectivity index (χ0) is 48.3. The first-order valence-corrected chi connectivity index (χ1v) is 24.4. The molecule has 0 saturated heterocycles. The van der Waals surface area contributed by atoms with Gasteiger partial charge in [-0.05, 0) is 143 Å². The topological polar surface area (TPSA) is 354 Å². The van der Waals surface area contributed by atoms with Crippen LogP contribution >= 0.6 is 136 Å². The van der Waals surface area contributed by atoms with Crippen molar-refractivity contribution in [3.05, 3.63) is 43.7 Å². The molecule has 0 heterocycles. The Morgan fingerprint density at radius 3 is 1.25 bits per heavy atom. The van der Waals surface area contributed by atoms with Crippen molar-refractivity contribution in [2.45, 2.75) is 36.4 Å². The van der Waals surface area contributed by atoms with Crippen LogP contribution < -0.4 is 31.1 Å². The standard InChI is InChI=1S/C35H44I6N6O16/c1-42-4-19(58)47(2,35(62)23-25(37)20(32(59)43-12(5-48)15(54)8-51)26(38)30(27(23)39)46-18(57)11-63-3)31-28(40)21(33(60)44-13(6-49)16(55)9-52)24(36)22(29(31)41)34(61)45-14(7-50)17(56)10-53/h12-17,42,48-56H,4-11H2,1-3H3,(H3-,43,44,45,46,57,59,60,61)/p+1. The number of nitrogens with one attached hydrogen (secondary N) is 5. The molecule has 0 saturated carbocycles. The normalized spacial score (nSPS) is 15.3. The SMILES string of the molecule is CNCC(=O)[N+](C)(C(=O)c1c(I)c(NC(=O)COC)c(I)c(C(=O)NC(CO)C(O)CO)c1I)c1c(I)c(C(=O)NC(CO)C(O)CO)c(I)c(C(=O)NC(CO)C(O)CO)c1I. The smallest absolute Gasteiger partial charge is 0.360 e. The summed E-state index contributed by atoms with van der Waals surface area (Å²) in [6.45, 7) is -6.18. The van der Waals surface area contributed by atoms with E-state index in [0.29, 0.717) is 0 Å². The third-order valence-corrected chi connectivity index (χ3v) is 15.6. The lowest BCUT2D eigenvalue weighted by Gasteiger charge is -2.33. The fourth-order valence-corrected chi connectivity index (χ4v) is 15.2. The number of amides is 6. The van der Waals surface area contributed by atoms with Crippen LogP contribution in [0.2, 0.25) is 0 Å². The molecule has 0 aliphatic rings. The Kier molecular flexibility index (Phi) is 25.1. The predicted molar refractivity (Wildman–Crippen MR) is 275 cm³/mol. The van der Waals surface area contributed by atoms with Gasteiger partial charge < -0.3 is 77.3 Å². The Hall–Kier alpha value is -0.440. The van der Waals surface area contributed by atoms with Gasteiger partial charge in [-0.25, -0.2) is 9.59 Å². The fraction of sp³-hybridized carbons (Fsp3) is 0.486. The summed E-state index contributed by atoms with van der Waals surface area (Å²) < 4.78 is 3.15. The number of carbonyl (C=O) groups is 6. The van der Waals surface area contributed by atoms with Gasteiger partial charge in [0.25, 0.3) is 17.7 Å². The maximum Gasteiger partial charge on any atom is 0.360 e. The molecule has 22 nitrogen and oxygen atoms in total. The Bertz CT molecular complexity index is 1990. The molecule has 0 spiro atoms. The number of nitrogens with zero attached hydrogens (tertiary/aromatic N) is 1. The van der Waals surface area contributed by atoms with E-state index < -0.39 is 129 Å². The third-order valence-electron chi connectivity index (χ3n) is 9.22. The number of anilines is 1. The molecule has 28 heteroatoms. The number of quaternary nitrogens is 1. The van der Waals surface area contributed by atoms with Crippen LogP contribution in [-0.4, -0.2) is 192 Å². The molecule has 6 amide bonds. The molecule has 7 unspecified atom stereocenters. The molecular formula is C35H45I6N6O16+. The van der Waals surface area contributed by atoms with Gasteiger partial charge in [-0.15, -0.1) is 0 Å². The highest BCUT2D eigenvalue weighted by molar-refractivity contribution is 14.1. The zero-order valence-electron chi connectivity index (χ0n) is 33.2. The molecule has 2 aromatic rings. The molecular weight excluding hydrogens is 1520 g/mol. The van der Waals surface area contributed by atoms with Crippen LogP contribution in [0.25, 0.3) is 0 Å². The minimum Gasteiger partial charge on any atom is -0.394 e. The average Bonchev–Trinajstić information content (AvgIpc) is 3.24. The van der Waals surface area contributed by atoms with E-state index in [1.165, 1.54) is 14.2 Å². The molecule has 0 radical (unpaired) electrons. The van der Waals surface area contributed by atoms with E-state index in [0.717, 1.165) is 7.05 Å². The highest BCUT2D eigenvalue weighted by atomic mass is 127. The lowest BCUT2D eigenvalue weighted by Crippen LogP contribution is -2.59. The first-order valence-electron chi connectivity index (χ1n) is 18.0. The number of hydrogen-bond donors (Lipinski definition) is 14. The molecule has 0 aliphatic carbocycles. The van der Waals surface area contributed by atoms with E-state index >= 15 is 4.79 Å². The number of aliphatic hydroxyl groups excluding tert-OH is 9. The van der Waals surface area contributed by atoms with Crippen LogP contribution in [0.3, 0.4) is 0 Å². The molecule has 14 N–H and O–H groups in total. The van der Waals surface area contributed by atoms with Gasteiger partial charge in [-0.3, -0.25) is 19.2 Å². The highest BCUT2D eigenvalue weighted by Gasteiger charge is 2.51. The van der Waals surface area contributed by atoms with Crippen molar-refractivity contribution in [2.75, 3.05) is 79.3 Å². The van der Waals surface area contributed by atoms with Crippen molar-refractivity contribution in [1.29, 1.82) is 0 Å². The van der Waals surface area contributed by atoms with Gasteiger partial charge in [0.1, 0.15) is 18.7 Å². The minimum absolute atomic E-state index is 0.00197. The molecule has 0 aromatic heterocycles. The van der Waals surface area contributed by atoms with E-state index in [-0.39, 0.29) is 55.0 Å². The molecule has 63 heavy (non-hydrogen) atoms. The summed E-state index contributed by atoms with van der Waals surface area (Å²) >= 11 is 10.2. The summed E-state index contributed by atoms with van der Waals surface area (Å²) in [6.07, 6.45) is -4.96. The number of likely N-dealkylation sites (N-methyl/N-ethyl adjacent to an activating group) is 2. The highest BCUT2D eigenvalue weighted by Crippen LogP contribution is 2.44. The number of imide groups is 1. The Balaban J connectivity index is 3.33. The summed E-state index contributed by atoms with van der Waals surface area (Å²) in [5.74, 6) is -5.81. The lowest BCUT2D eigenvalue weighted by molar-refractivity contribution is -0.126. The summed E-state index contributed by atoms with van der Waals surface area (Å²) in [7, 11) is 3.81. The molecule has 2 aromatic carbocycles. The fourth-order valence-electron chi connectivity index (χ4n) is 5.68. The molecule has 2 rings (SSSR count). The van der Waals surface area contributed by atoms with Crippen molar-refractivity contribution in [3.63, 3.8) is 0 Å². The van der Waals surface area contributed by atoms with Crippen LogP contribution in [0, 0.1) is 21.4 Å². The largest absolute Gasteiger partial charge is 0.394 e. The first-order chi connectivity index (χ1) is 29.5. The summed E-state index contributed by atoms with van der Waals surface area (Å²) in [5.41, 5.74) is -1.73. The molecule has 7 atom stereocenters. The van der Waals surface area contributed by atoms with Gasteiger partial charge in [0.15, 0.2) is 5.69 Å². The molecule has 0 bridgehead atoms. The summed E-state index contributed by atoms with van der Waals surface area (Å²) in [4.78, 5) is 86.0. The summed E-state index contributed by atoms with van der Waals surface area (Å²) in [5, 5.41) is 102. The number of halogens is 6. The number of methoxy groups -OCH3 is 1. The van der Waals surface area contributed by atoms with Crippen LogP contribution in [-0.2, 0) is 14.3 Å². The lowest BCUT2D eigenvalue weighted by atomic mass is 10.0. The third kappa shape index (κ3) is 13.4. The Morgan fingerprint density at radius 1 is 0.571 bits per heavy atom.